The van der Waals surface area contributed by atoms with Crippen molar-refractivity contribution in [2.45, 2.75) is 0 Å². The minimum absolute atomic E-state index is 0.308. The van der Waals surface area contributed by atoms with Crippen LogP contribution in [0.2, 0.25) is 5.15 Å². The lowest BCUT2D eigenvalue weighted by Crippen LogP contribution is -1.99. The Bertz CT molecular complexity index is 371. The Morgan fingerprint density at radius 1 is 1.25 bits per heavy atom. The largest absolute Gasteiger partial charge is 0.239 e. The summed E-state index contributed by atoms with van der Waals surface area (Å²) in [5, 5.41) is 4.17. The van der Waals surface area contributed by atoms with Gasteiger partial charge >= 0.3 is 0 Å². The van der Waals surface area contributed by atoms with Gasteiger partial charge in [-0.1, -0.05) is 11.6 Å². The smallest absolute Gasteiger partial charge is 0.192 e. The third kappa shape index (κ3) is 1.14. The van der Waals surface area contributed by atoms with Crippen molar-refractivity contribution in [3.8, 4) is 5.82 Å². The van der Waals surface area contributed by atoms with Crippen LogP contribution < -0.4 is 0 Å². The van der Waals surface area contributed by atoms with Crippen LogP contribution in [0.4, 0.5) is 0 Å². The first-order valence-electron chi connectivity index (χ1n) is 3.19. The number of rotatable bonds is 1. The quantitative estimate of drug-likeness (QED) is 0.650. The van der Waals surface area contributed by atoms with Gasteiger partial charge in [-0.05, 0) is 0 Å². The Hall–Kier alpha value is -1.49. The van der Waals surface area contributed by atoms with Gasteiger partial charge in [-0.15, -0.1) is 0 Å². The van der Waals surface area contributed by atoms with Gasteiger partial charge in [0, 0.05) is 12.4 Å². The van der Waals surface area contributed by atoms with Crippen LogP contribution in [0.15, 0.2) is 25.0 Å². The van der Waals surface area contributed by atoms with Crippen molar-refractivity contribution in [1.29, 1.82) is 0 Å². The van der Waals surface area contributed by atoms with Crippen molar-refractivity contribution in [2.24, 2.45) is 0 Å². The van der Waals surface area contributed by atoms with Crippen LogP contribution in [-0.4, -0.2) is 24.7 Å². The van der Waals surface area contributed by atoms with E-state index in [1.807, 2.05) is 0 Å². The van der Waals surface area contributed by atoms with E-state index >= 15 is 0 Å². The van der Waals surface area contributed by atoms with E-state index in [0.29, 0.717) is 11.0 Å². The zero-order valence-corrected chi connectivity index (χ0v) is 6.68. The number of halogens is 1. The SMILES string of the molecule is Clc1nccnc1-n1cncn1. The van der Waals surface area contributed by atoms with Gasteiger partial charge in [-0.2, -0.15) is 9.78 Å². The minimum Gasteiger partial charge on any atom is -0.239 e. The Morgan fingerprint density at radius 3 is 2.75 bits per heavy atom. The molecule has 0 aliphatic rings. The summed E-state index contributed by atoms with van der Waals surface area (Å²) in [6.07, 6.45) is 5.98. The van der Waals surface area contributed by atoms with E-state index in [9.17, 15) is 0 Å². The van der Waals surface area contributed by atoms with Crippen LogP contribution in [0.25, 0.3) is 5.82 Å². The molecule has 0 spiro atoms. The van der Waals surface area contributed by atoms with Crippen LogP contribution >= 0.6 is 11.6 Å². The molecule has 5 nitrogen and oxygen atoms in total. The van der Waals surface area contributed by atoms with Crippen molar-refractivity contribution in [1.82, 2.24) is 24.7 Å². The lowest BCUT2D eigenvalue weighted by Gasteiger charge is -1.98. The summed E-state index contributed by atoms with van der Waals surface area (Å²) in [7, 11) is 0. The molecule has 60 valence electrons. The highest BCUT2D eigenvalue weighted by atomic mass is 35.5. The van der Waals surface area contributed by atoms with E-state index in [-0.39, 0.29) is 0 Å². The maximum absolute atomic E-state index is 5.75. The van der Waals surface area contributed by atoms with Gasteiger partial charge in [0.25, 0.3) is 0 Å². The molecular formula is C6H4ClN5. The molecule has 2 aromatic heterocycles. The molecule has 0 saturated carbocycles. The second-order valence-electron chi connectivity index (χ2n) is 2.01. The second kappa shape index (κ2) is 2.86. The van der Waals surface area contributed by atoms with Crippen molar-refractivity contribution >= 4 is 11.6 Å². The first-order chi connectivity index (χ1) is 5.88. The average Bonchev–Trinajstić information content (AvgIpc) is 2.57. The summed E-state index contributed by atoms with van der Waals surface area (Å²) < 4.78 is 1.45. The summed E-state index contributed by atoms with van der Waals surface area (Å²) in [5.41, 5.74) is 0. The molecule has 2 rings (SSSR count). The Labute approximate surface area is 73.1 Å². The number of aromatic nitrogens is 5. The molecule has 0 N–H and O–H groups in total. The molecule has 2 heterocycles. The maximum atomic E-state index is 5.75. The van der Waals surface area contributed by atoms with Crippen molar-refractivity contribution in [3.05, 3.63) is 30.2 Å². The molecule has 0 bridgehead atoms. The fourth-order valence-corrected chi connectivity index (χ4v) is 0.977. The van der Waals surface area contributed by atoms with Crippen LogP contribution in [0, 0.1) is 0 Å². The summed E-state index contributed by atoms with van der Waals surface area (Å²) in [6.45, 7) is 0. The predicted octanol–water partition coefficient (Wildman–Crippen LogP) is 0.711. The molecule has 0 amide bonds. The molecule has 0 aliphatic carbocycles. The third-order valence-corrected chi connectivity index (χ3v) is 1.54. The molecule has 0 radical (unpaired) electrons. The number of hydrogen-bond donors (Lipinski definition) is 0. The highest BCUT2D eigenvalue weighted by Gasteiger charge is 2.03. The maximum Gasteiger partial charge on any atom is 0.192 e. The molecule has 2 aromatic rings. The average molecular weight is 182 g/mol. The van der Waals surface area contributed by atoms with Crippen molar-refractivity contribution < 1.29 is 0 Å². The van der Waals surface area contributed by atoms with Gasteiger partial charge in [0.15, 0.2) is 11.0 Å². The molecular weight excluding hydrogens is 178 g/mol. The Morgan fingerprint density at radius 2 is 2.08 bits per heavy atom. The summed E-state index contributed by atoms with van der Waals surface area (Å²) in [6, 6.07) is 0. The van der Waals surface area contributed by atoms with Gasteiger partial charge in [-0.25, -0.2) is 15.0 Å². The lowest BCUT2D eigenvalue weighted by atomic mass is 10.7. The monoisotopic (exact) mass is 181 g/mol. The second-order valence-corrected chi connectivity index (χ2v) is 2.37. The van der Waals surface area contributed by atoms with E-state index in [2.05, 4.69) is 20.1 Å². The number of nitrogens with zero attached hydrogens (tertiary/aromatic N) is 5. The van der Waals surface area contributed by atoms with Gasteiger partial charge < -0.3 is 0 Å². The minimum atomic E-state index is 0.308. The highest BCUT2D eigenvalue weighted by molar-refractivity contribution is 6.30. The van der Waals surface area contributed by atoms with E-state index in [0.717, 1.165) is 0 Å². The zero-order valence-electron chi connectivity index (χ0n) is 5.92. The van der Waals surface area contributed by atoms with E-state index in [4.69, 9.17) is 11.6 Å². The summed E-state index contributed by atoms with van der Waals surface area (Å²) in [4.78, 5) is 11.6. The molecule has 6 heteroatoms. The molecule has 0 fully saturated rings. The van der Waals surface area contributed by atoms with E-state index in [1.165, 1.54) is 23.5 Å². The van der Waals surface area contributed by atoms with Gasteiger partial charge in [0.1, 0.15) is 12.7 Å². The van der Waals surface area contributed by atoms with E-state index < -0.39 is 0 Å². The lowest BCUT2D eigenvalue weighted by molar-refractivity contribution is 0.836. The van der Waals surface area contributed by atoms with Crippen molar-refractivity contribution in [2.75, 3.05) is 0 Å². The first kappa shape index (κ1) is 7.17. The van der Waals surface area contributed by atoms with Gasteiger partial charge in [-0.3, -0.25) is 0 Å². The summed E-state index contributed by atoms with van der Waals surface area (Å²) in [5.74, 6) is 0.483. The van der Waals surface area contributed by atoms with Crippen LogP contribution in [0.5, 0.6) is 0 Å². The Kier molecular flexibility index (Phi) is 1.71. The fraction of sp³-hybridized carbons (Fsp3) is 0. The molecule has 0 aliphatic heterocycles. The summed E-state index contributed by atoms with van der Waals surface area (Å²) >= 11 is 5.75. The predicted molar refractivity (Wildman–Crippen MR) is 42.0 cm³/mol. The standard InChI is InChI=1S/C6H4ClN5/c7-5-6(10-2-1-9-5)12-4-8-3-11-12/h1-4H. The normalized spacial score (nSPS) is 10.1. The fourth-order valence-electron chi connectivity index (χ4n) is 0.785. The van der Waals surface area contributed by atoms with Crippen molar-refractivity contribution in [3.63, 3.8) is 0 Å². The molecule has 12 heavy (non-hydrogen) atoms. The van der Waals surface area contributed by atoms with Crippen LogP contribution in [0.3, 0.4) is 0 Å². The first-order valence-corrected chi connectivity index (χ1v) is 3.57. The number of hydrogen-bond acceptors (Lipinski definition) is 4. The molecule has 0 aromatic carbocycles. The zero-order chi connectivity index (χ0) is 8.39. The Balaban J connectivity index is 2.55. The third-order valence-electron chi connectivity index (χ3n) is 1.27. The molecule has 0 saturated heterocycles. The van der Waals surface area contributed by atoms with E-state index in [1.54, 1.807) is 6.20 Å². The van der Waals surface area contributed by atoms with Crippen LogP contribution in [0.1, 0.15) is 0 Å². The highest BCUT2D eigenvalue weighted by Crippen LogP contribution is 2.11. The molecule has 0 unspecified atom stereocenters. The molecule has 0 atom stereocenters. The van der Waals surface area contributed by atoms with Gasteiger partial charge in [0.2, 0.25) is 0 Å². The van der Waals surface area contributed by atoms with Crippen LogP contribution in [-0.2, 0) is 0 Å². The van der Waals surface area contributed by atoms with Gasteiger partial charge in [0.05, 0.1) is 0 Å². The topological polar surface area (TPSA) is 56.5 Å².